The van der Waals surface area contributed by atoms with Gasteiger partial charge in [-0.05, 0) is 43.5 Å². The fraction of sp³-hybridized carbons (Fsp3) is 0.323. The monoisotopic (exact) mass is 561 g/mol. The van der Waals surface area contributed by atoms with Gasteiger partial charge in [-0.2, -0.15) is 0 Å². The van der Waals surface area contributed by atoms with Crippen LogP contribution in [0.25, 0.3) is 0 Å². The minimum atomic E-state index is -4.05. The number of carbonyl (C=O) groups is 3. The topological polar surface area (TPSA) is 104 Å². The number of sulfonamides is 1. The molecule has 40 heavy (non-hydrogen) atoms. The van der Waals surface area contributed by atoms with E-state index in [0.717, 1.165) is 27.4 Å². The highest BCUT2D eigenvalue weighted by Gasteiger charge is 2.41. The van der Waals surface area contributed by atoms with Gasteiger partial charge in [-0.25, -0.2) is 12.7 Å². The first kappa shape index (κ1) is 29.0. The molecule has 0 aliphatic carbocycles. The summed E-state index contributed by atoms with van der Waals surface area (Å²) in [5.74, 6) is -1.35. The molecule has 0 spiro atoms. The Kier molecular flexibility index (Phi) is 9.04. The van der Waals surface area contributed by atoms with Gasteiger partial charge in [0.05, 0.1) is 5.56 Å². The normalized spacial score (nSPS) is 15.3. The third-order valence-corrected chi connectivity index (χ3v) is 9.03. The molecule has 0 saturated carbocycles. The zero-order valence-corrected chi connectivity index (χ0v) is 23.9. The van der Waals surface area contributed by atoms with Crippen molar-refractivity contribution in [3.8, 4) is 0 Å². The lowest BCUT2D eigenvalue weighted by atomic mass is 10.0. The van der Waals surface area contributed by atoms with Crippen LogP contribution >= 0.6 is 0 Å². The molecule has 0 radical (unpaired) electrons. The van der Waals surface area contributed by atoms with E-state index in [1.165, 1.54) is 17.0 Å². The minimum absolute atomic E-state index is 0.0566. The highest BCUT2D eigenvalue weighted by atomic mass is 32.2. The number of hydrogen-bond donors (Lipinski definition) is 1. The first-order valence-electron chi connectivity index (χ1n) is 13.5. The standard InChI is InChI=1S/C31H35N3O5S/c1-4-23(3)32-30(36)27(20-24-10-6-5-7-11-24)33(21-25-16-14-22(2)15-17-25)29(35)18-19-34-31(37)26-12-8-9-13-28(26)40(34,38)39/h5-17,23,27H,4,18-21H2,1-3H3,(H,32,36)/t23-,27+/m0/s1. The summed E-state index contributed by atoms with van der Waals surface area (Å²) < 4.78 is 26.9. The number of benzene rings is 3. The first-order chi connectivity index (χ1) is 19.1. The molecular weight excluding hydrogens is 526 g/mol. The fourth-order valence-electron chi connectivity index (χ4n) is 4.68. The number of aryl methyl sites for hydroxylation is 1. The van der Waals surface area contributed by atoms with E-state index in [2.05, 4.69) is 5.32 Å². The zero-order chi connectivity index (χ0) is 28.9. The Hall–Kier alpha value is -3.98. The third-order valence-electron chi connectivity index (χ3n) is 7.19. The smallest absolute Gasteiger partial charge is 0.269 e. The summed E-state index contributed by atoms with van der Waals surface area (Å²) >= 11 is 0. The van der Waals surface area contributed by atoms with E-state index in [-0.39, 0.29) is 48.3 Å². The van der Waals surface area contributed by atoms with Gasteiger partial charge in [0, 0.05) is 32.0 Å². The van der Waals surface area contributed by atoms with Crippen molar-refractivity contribution in [2.75, 3.05) is 6.54 Å². The molecule has 1 heterocycles. The summed E-state index contributed by atoms with van der Waals surface area (Å²) in [5, 5.41) is 3.02. The van der Waals surface area contributed by atoms with Gasteiger partial charge in [0.1, 0.15) is 10.9 Å². The molecule has 2 atom stereocenters. The third kappa shape index (κ3) is 6.42. The lowest BCUT2D eigenvalue weighted by Crippen LogP contribution is -2.52. The number of rotatable bonds is 11. The van der Waals surface area contributed by atoms with Gasteiger partial charge in [-0.3, -0.25) is 14.4 Å². The highest BCUT2D eigenvalue weighted by molar-refractivity contribution is 7.90. The molecule has 1 N–H and O–H groups in total. The number of amides is 3. The van der Waals surface area contributed by atoms with Crippen LogP contribution in [-0.4, -0.2) is 54.0 Å². The van der Waals surface area contributed by atoms with Crippen molar-refractivity contribution in [2.45, 2.75) is 63.6 Å². The predicted molar refractivity (Wildman–Crippen MR) is 153 cm³/mol. The second-order valence-corrected chi connectivity index (χ2v) is 12.0. The Morgan fingerprint density at radius 1 is 0.925 bits per heavy atom. The number of carbonyl (C=O) groups excluding carboxylic acids is 3. The highest BCUT2D eigenvalue weighted by Crippen LogP contribution is 2.30. The van der Waals surface area contributed by atoms with Crippen molar-refractivity contribution in [1.29, 1.82) is 0 Å². The lowest BCUT2D eigenvalue weighted by Gasteiger charge is -2.32. The second-order valence-electron chi connectivity index (χ2n) is 10.2. The van der Waals surface area contributed by atoms with Crippen LogP contribution in [0.1, 0.15) is 53.7 Å². The van der Waals surface area contributed by atoms with Crippen LogP contribution in [0, 0.1) is 6.92 Å². The fourth-order valence-corrected chi connectivity index (χ4v) is 6.25. The number of nitrogens with zero attached hydrogens (tertiary/aromatic N) is 2. The van der Waals surface area contributed by atoms with Crippen LogP contribution < -0.4 is 5.32 Å². The molecule has 0 fully saturated rings. The summed E-state index contributed by atoms with van der Waals surface area (Å²) in [4.78, 5) is 41.8. The van der Waals surface area contributed by atoms with Gasteiger partial charge in [0.15, 0.2) is 0 Å². The molecule has 0 saturated heterocycles. The molecule has 3 aromatic rings. The Morgan fingerprint density at radius 2 is 1.57 bits per heavy atom. The average molecular weight is 562 g/mol. The second kappa shape index (κ2) is 12.5. The van der Waals surface area contributed by atoms with E-state index in [4.69, 9.17) is 0 Å². The molecular formula is C31H35N3O5S. The van der Waals surface area contributed by atoms with E-state index in [0.29, 0.717) is 0 Å². The molecule has 3 aromatic carbocycles. The number of fused-ring (bicyclic) bond motifs is 1. The van der Waals surface area contributed by atoms with Crippen molar-refractivity contribution in [3.63, 3.8) is 0 Å². The molecule has 0 aromatic heterocycles. The summed E-state index contributed by atoms with van der Waals surface area (Å²) in [6.45, 7) is 5.69. The Bertz CT molecular complexity index is 1470. The molecule has 210 valence electrons. The lowest BCUT2D eigenvalue weighted by molar-refractivity contribution is -0.141. The SMILES string of the molecule is CC[C@H](C)NC(=O)[C@@H](Cc1ccccc1)N(Cc1ccc(C)cc1)C(=O)CCN1C(=O)c2ccccc2S1(=O)=O. The van der Waals surface area contributed by atoms with E-state index >= 15 is 0 Å². The van der Waals surface area contributed by atoms with Crippen LogP contribution in [0.5, 0.6) is 0 Å². The molecule has 4 rings (SSSR count). The van der Waals surface area contributed by atoms with Crippen molar-refractivity contribution < 1.29 is 22.8 Å². The zero-order valence-electron chi connectivity index (χ0n) is 23.0. The Labute approximate surface area is 236 Å². The maximum atomic E-state index is 13.9. The van der Waals surface area contributed by atoms with Crippen LogP contribution in [0.15, 0.2) is 83.8 Å². The maximum Gasteiger partial charge on any atom is 0.269 e. The molecule has 1 aliphatic rings. The minimum Gasteiger partial charge on any atom is -0.352 e. The van der Waals surface area contributed by atoms with Crippen molar-refractivity contribution in [2.24, 2.45) is 0 Å². The Balaban J connectivity index is 1.64. The van der Waals surface area contributed by atoms with Gasteiger partial charge in [-0.1, -0.05) is 79.2 Å². The predicted octanol–water partition coefficient (Wildman–Crippen LogP) is 4.08. The van der Waals surface area contributed by atoms with E-state index in [1.54, 1.807) is 12.1 Å². The summed E-state index contributed by atoms with van der Waals surface area (Å²) in [6, 6.07) is 22.3. The van der Waals surface area contributed by atoms with E-state index in [1.807, 2.05) is 75.4 Å². The van der Waals surface area contributed by atoms with Crippen LogP contribution in [0.3, 0.4) is 0 Å². The van der Waals surface area contributed by atoms with E-state index < -0.39 is 27.9 Å². The molecule has 0 unspecified atom stereocenters. The number of hydrogen-bond acceptors (Lipinski definition) is 5. The summed E-state index contributed by atoms with van der Waals surface area (Å²) in [5.41, 5.74) is 2.89. The number of nitrogens with one attached hydrogen (secondary N) is 1. The molecule has 0 bridgehead atoms. The molecule has 9 heteroatoms. The quantitative estimate of drug-likeness (QED) is 0.380. The van der Waals surface area contributed by atoms with Gasteiger partial charge in [0.2, 0.25) is 11.8 Å². The van der Waals surface area contributed by atoms with Crippen LogP contribution in [-0.2, 0) is 32.6 Å². The Morgan fingerprint density at radius 3 is 2.23 bits per heavy atom. The average Bonchev–Trinajstić information content (AvgIpc) is 3.15. The van der Waals surface area contributed by atoms with Gasteiger partial charge < -0.3 is 10.2 Å². The van der Waals surface area contributed by atoms with Crippen molar-refractivity contribution in [1.82, 2.24) is 14.5 Å². The largest absolute Gasteiger partial charge is 0.352 e. The first-order valence-corrected chi connectivity index (χ1v) is 14.9. The van der Waals surface area contributed by atoms with Gasteiger partial charge >= 0.3 is 0 Å². The molecule has 8 nitrogen and oxygen atoms in total. The van der Waals surface area contributed by atoms with Gasteiger partial charge in [-0.15, -0.1) is 0 Å². The summed E-state index contributed by atoms with van der Waals surface area (Å²) in [6.07, 6.45) is 0.755. The summed E-state index contributed by atoms with van der Waals surface area (Å²) in [7, 11) is -4.05. The molecule has 3 amide bonds. The van der Waals surface area contributed by atoms with Gasteiger partial charge in [0.25, 0.3) is 15.9 Å². The maximum absolute atomic E-state index is 13.9. The van der Waals surface area contributed by atoms with Crippen molar-refractivity contribution >= 4 is 27.7 Å². The molecule has 1 aliphatic heterocycles. The van der Waals surface area contributed by atoms with Crippen molar-refractivity contribution in [3.05, 3.63) is 101 Å². The van der Waals surface area contributed by atoms with Crippen LogP contribution in [0.4, 0.5) is 0 Å². The van der Waals surface area contributed by atoms with E-state index in [9.17, 15) is 22.8 Å². The van der Waals surface area contributed by atoms with Crippen LogP contribution in [0.2, 0.25) is 0 Å².